The van der Waals surface area contributed by atoms with Gasteiger partial charge in [-0.2, -0.15) is 0 Å². The van der Waals surface area contributed by atoms with Crippen molar-refractivity contribution in [2.75, 3.05) is 85.8 Å². The number of unbranched alkanes of at least 4 members (excludes halogenated alkanes) is 1. The lowest BCUT2D eigenvalue weighted by Gasteiger charge is -2.36. The van der Waals surface area contributed by atoms with Gasteiger partial charge in [-0.1, -0.05) is 86.9 Å². The number of piperidine rings is 2. The van der Waals surface area contributed by atoms with Crippen LogP contribution in [0.15, 0.2) is 117 Å². The van der Waals surface area contributed by atoms with Gasteiger partial charge in [0.15, 0.2) is 78.7 Å². The van der Waals surface area contributed by atoms with Crippen molar-refractivity contribution in [3.05, 3.63) is 117 Å². The Kier molecular flexibility index (Phi) is 25.8. The predicted octanol–water partition coefficient (Wildman–Crippen LogP) is 7.06. The minimum Gasteiger partial charge on any atom is -0.309 e. The van der Waals surface area contributed by atoms with Gasteiger partial charge in [-0.3, -0.25) is 9.80 Å². The van der Waals surface area contributed by atoms with Crippen LogP contribution in [0.2, 0.25) is 20.1 Å². The fraction of sp³-hybridized carbons (Fsp3) is 0.593. The second kappa shape index (κ2) is 30.9. The van der Waals surface area contributed by atoms with Crippen molar-refractivity contribution in [3.8, 4) is 0 Å². The molecule has 0 aliphatic carbocycles. The maximum absolute atomic E-state index is 13.0. The van der Waals surface area contributed by atoms with Crippen LogP contribution in [0.5, 0.6) is 0 Å². The van der Waals surface area contributed by atoms with Crippen molar-refractivity contribution < 1.29 is 67.3 Å². The van der Waals surface area contributed by atoms with Gasteiger partial charge in [-0.05, 0) is 175 Å². The Morgan fingerprint density at radius 3 is 1.15 bits per heavy atom. The molecule has 6 heterocycles. The summed E-state index contributed by atoms with van der Waals surface area (Å²) in [4.78, 5) is 6.49. The quantitative estimate of drug-likeness (QED) is 0.117. The van der Waals surface area contributed by atoms with Crippen LogP contribution in [-0.2, 0) is 78.7 Å². The average Bonchev–Trinajstić information content (AvgIpc) is 1.69. The summed E-state index contributed by atoms with van der Waals surface area (Å²) >= 11 is 23.2. The summed E-state index contributed by atoms with van der Waals surface area (Å²) in [7, 11) is -26.5. The molecule has 4 aromatic carbocycles. The molecule has 20 nitrogen and oxygen atoms in total. The number of sulfone groups is 8. The molecule has 0 spiro atoms. The van der Waals surface area contributed by atoms with Gasteiger partial charge in [-0.25, -0.2) is 67.3 Å². The third-order valence-corrected chi connectivity index (χ3v) is 35.0. The minimum atomic E-state index is -3.73. The maximum atomic E-state index is 13.0. The number of likely N-dealkylation sites (tertiary alicyclic amines) is 2. The molecule has 0 unspecified atom stereocenters. The molecule has 0 saturated carbocycles. The Morgan fingerprint density at radius 1 is 0.462 bits per heavy atom. The Labute approximate surface area is 559 Å². The van der Waals surface area contributed by atoms with Crippen molar-refractivity contribution in [1.82, 2.24) is 20.0 Å². The molecule has 0 bridgehead atoms. The first-order chi connectivity index (χ1) is 42.3. The molecule has 510 valence electrons. The molecule has 32 heteroatoms. The van der Waals surface area contributed by atoms with Crippen molar-refractivity contribution in [2.24, 2.45) is 5.92 Å². The van der Waals surface area contributed by atoms with Crippen molar-refractivity contribution >= 4 is 125 Å². The maximum Gasteiger partial charge on any atom is 0.183 e. The normalized spacial score (nSPS) is 26.8. The number of nitrogens with zero attached hydrogens (tertiary/aromatic N) is 3. The Morgan fingerprint density at radius 2 is 0.780 bits per heavy atom. The summed E-state index contributed by atoms with van der Waals surface area (Å²) < 4.78 is 199. The molecule has 8 atom stereocenters. The minimum absolute atomic E-state index is 0.00576. The Hall–Kier alpha value is -2.52. The molecule has 0 radical (unpaired) electrons. The van der Waals surface area contributed by atoms with Gasteiger partial charge in [0.05, 0.1) is 86.6 Å². The lowest BCUT2D eigenvalue weighted by atomic mass is 9.98. The fourth-order valence-electron chi connectivity index (χ4n) is 12.5. The first kappa shape index (κ1) is 75.9. The van der Waals surface area contributed by atoms with Crippen LogP contribution in [0.25, 0.3) is 0 Å². The lowest BCUT2D eigenvalue weighted by molar-refractivity contribution is 0.151. The van der Waals surface area contributed by atoms with Crippen molar-refractivity contribution in [1.29, 1.82) is 0 Å². The van der Waals surface area contributed by atoms with E-state index in [1.165, 1.54) is 97.1 Å². The van der Waals surface area contributed by atoms with E-state index >= 15 is 0 Å². The highest BCUT2D eigenvalue weighted by atomic mass is 35.5. The van der Waals surface area contributed by atoms with Crippen molar-refractivity contribution in [2.45, 2.75) is 143 Å². The summed E-state index contributed by atoms with van der Waals surface area (Å²) in [5, 5.41) is 1.13. The molecule has 91 heavy (non-hydrogen) atoms. The second-order valence-corrected chi connectivity index (χ2v) is 43.8. The molecular formula is C59H82Cl4N4O16S8. The zero-order valence-corrected chi connectivity index (χ0v) is 60.9. The van der Waals surface area contributed by atoms with Gasteiger partial charge >= 0.3 is 0 Å². The monoisotopic (exact) mass is 1500 g/mol. The van der Waals surface area contributed by atoms with E-state index in [9.17, 15) is 67.3 Å². The molecule has 0 amide bonds. The van der Waals surface area contributed by atoms with E-state index in [-0.39, 0.29) is 71.6 Å². The van der Waals surface area contributed by atoms with Crippen LogP contribution in [0, 0.1) is 5.92 Å². The fourth-order valence-corrected chi connectivity index (χ4v) is 32.2. The van der Waals surface area contributed by atoms with E-state index < -0.39 is 124 Å². The van der Waals surface area contributed by atoms with Gasteiger partial charge in [0.1, 0.15) is 0 Å². The highest BCUT2D eigenvalue weighted by Gasteiger charge is 2.51. The summed E-state index contributed by atoms with van der Waals surface area (Å²) in [5.41, 5.74) is 0. The summed E-state index contributed by atoms with van der Waals surface area (Å²) in [6, 6.07) is 21.6. The first-order valence-electron chi connectivity index (χ1n) is 30.0. The summed E-state index contributed by atoms with van der Waals surface area (Å²) in [5.74, 6) is -1.04. The molecule has 6 aliphatic heterocycles. The van der Waals surface area contributed by atoms with Crippen LogP contribution in [0.3, 0.4) is 0 Å². The zero-order chi connectivity index (χ0) is 67.3. The SMILES string of the molecule is CC(C)N[C@H]1CS(=O)(=O)C[C@@H]1S(=O)(=O)c1ccc(Cl)cc1.CC1CCN([C@H]2CS(=O)(=O)C[C@@H]2S(=O)(=O)c2ccc(Cl)cc2)CC1.CCCCN(C)[C@H]1CS(=O)(=O)C[C@@H]1S(=O)(=O)c1ccc(Cl)cc1.O=S1(=O)C[C@H](N2CCCCC2)[C@@H](S(=O)(=O)c2ccc(Cl)cc2)C1. The standard InChI is InChI=1S/C16H22ClNO4S2.C15H20ClNO4S2.C15H22ClNO4S2.C13H18ClNO4S2/c1-12-6-8-18(9-7-12)15-10-23(19,20)11-16(15)24(21,22)14-4-2-13(17)3-5-14;16-12-4-6-13(7-5-12)23(20,21)15-11-22(18,19)10-14(15)17-8-2-1-3-9-17;1-3-4-9-17(2)14-10-22(18,19)11-15(14)23(20,21)13-7-5-12(16)6-8-13;1-9(2)15-12-7-20(16,17)8-13(12)21(18,19)11-5-3-10(14)4-6-11/h2-5,12,15-16H,6-11H2,1H3;4-7,14-15H,1-3,8-11H2;5-8,14-15H,3-4,9-11H2,1-2H3;3-6,9,12-13,15H,7-8H2,1-2H3/t15-,16-;2*14-,15-;12-,13-/m0000/s1. The first-order valence-corrected chi connectivity index (χ1v) is 45.0. The second-order valence-electron chi connectivity index (χ2n) is 24.7. The zero-order valence-electron chi connectivity index (χ0n) is 51.3. The van der Waals surface area contributed by atoms with Crippen molar-refractivity contribution in [3.63, 3.8) is 0 Å². The van der Waals surface area contributed by atoms with E-state index in [1.807, 2.05) is 30.6 Å². The predicted molar refractivity (Wildman–Crippen MR) is 361 cm³/mol. The number of hydrogen-bond donors (Lipinski definition) is 1. The van der Waals surface area contributed by atoms with E-state index in [2.05, 4.69) is 17.1 Å². The third-order valence-electron chi connectivity index (χ3n) is 17.4. The molecule has 10 rings (SSSR count). The van der Waals surface area contributed by atoms with E-state index in [4.69, 9.17) is 46.4 Å². The third kappa shape index (κ3) is 19.8. The Balaban J connectivity index is 0.000000173. The molecule has 1 N–H and O–H groups in total. The summed E-state index contributed by atoms with van der Waals surface area (Å²) in [6.45, 7) is 11.7. The highest BCUT2D eigenvalue weighted by molar-refractivity contribution is 7.98. The van der Waals surface area contributed by atoms with Crippen LogP contribution in [-0.4, -0.2) is 219 Å². The molecular weight excluding hydrogens is 1420 g/mol. The van der Waals surface area contributed by atoms with E-state index in [1.54, 1.807) is 7.05 Å². The number of rotatable bonds is 16. The van der Waals surface area contributed by atoms with E-state index in [0.29, 0.717) is 32.6 Å². The Bertz CT molecular complexity index is 4090. The molecule has 6 saturated heterocycles. The van der Waals surface area contributed by atoms with Gasteiger partial charge in [0, 0.05) is 50.3 Å². The molecule has 0 aromatic heterocycles. The van der Waals surface area contributed by atoms with Gasteiger partial charge < -0.3 is 10.2 Å². The van der Waals surface area contributed by atoms with Gasteiger partial charge in [0.25, 0.3) is 0 Å². The number of hydrogen-bond acceptors (Lipinski definition) is 20. The number of halogens is 4. The number of nitrogens with one attached hydrogen (secondary N) is 1. The van der Waals surface area contributed by atoms with E-state index in [0.717, 1.165) is 71.1 Å². The number of benzene rings is 4. The summed E-state index contributed by atoms with van der Waals surface area (Å²) in [6.07, 6.45) is 6.92. The molecule has 6 aliphatic rings. The van der Waals surface area contributed by atoms with Gasteiger partial charge in [-0.15, -0.1) is 0 Å². The van der Waals surface area contributed by atoms with Crippen LogP contribution < -0.4 is 5.32 Å². The topological polar surface area (TPSA) is 295 Å². The largest absolute Gasteiger partial charge is 0.309 e. The van der Waals surface area contributed by atoms with Crippen LogP contribution in [0.4, 0.5) is 0 Å². The molecule has 6 fully saturated rings. The van der Waals surface area contributed by atoms with Gasteiger partial charge in [0.2, 0.25) is 0 Å². The molecule has 4 aromatic rings. The smallest absolute Gasteiger partial charge is 0.183 e. The van der Waals surface area contributed by atoms with Crippen LogP contribution in [0.1, 0.15) is 72.6 Å². The van der Waals surface area contributed by atoms with Crippen LogP contribution >= 0.6 is 46.4 Å². The average molecular weight is 1500 g/mol. The highest BCUT2D eigenvalue weighted by Crippen LogP contribution is 2.35. The lowest BCUT2D eigenvalue weighted by Crippen LogP contribution is -2.49.